The van der Waals surface area contributed by atoms with Crippen LogP contribution in [0.4, 0.5) is 0 Å². The molecule has 4 saturated heterocycles. The lowest BCUT2D eigenvalue weighted by Crippen LogP contribution is -2.59. The normalized spacial score (nSPS) is 34.2. The van der Waals surface area contributed by atoms with Crippen LogP contribution in [-0.4, -0.2) is 353 Å². The van der Waals surface area contributed by atoms with Crippen molar-refractivity contribution in [3.05, 3.63) is 0 Å². The van der Waals surface area contributed by atoms with Gasteiger partial charge in [-0.1, -0.05) is 0 Å². The fourth-order valence-corrected chi connectivity index (χ4v) is 9.27. The van der Waals surface area contributed by atoms with Crippen LogP contribution in [0, 0.1) is 0 Å². The quantitative estimate of drug-likeness (QED) is 0.0262. The van der Waals surface area contributed by atoms with Gasteiger partial charge in [0, 0.05) is 39.0 Å². The van der Waals surface area contributed by atoms with Crippen LogP contribution in [0.15, 0.2) is 0 Å². The summed E-state index contributed by atoms with van der Waals surface area (Å²) in [4.78, 5) is 71.4. The van der Waals surface area contributed by atoms with E-state index in [1.165, 1.54) is 6.92 Å². The highest BCUT2D eigenvalue weighted by Crippen LogP contribution is 2.26. The molecule has 0 aliphatic carbocycles. The average Bonchev–Trinajstić information content (AvgIpc) is 3.64. The Hall–Kier alpha value is -3.45. The van der Waals surface area contributed by atoms with E-state index in [-0.39, 0.29) is 31.5 Å². The molecular weight excluding hydrogens is 1120 g/mol. The number of ether oxygens (including phenoxy) is 8. The summed E-state index contributed by atoms with van der Waals surface area (Å²) in [5.41, 5.74) is 5.57. The highest BCUT2D eigenvalue weighted by Gasteiger charge is 2.48. The molecule has 4 amide bonds. The summed E-state index contributed by atoms with van der Waals surface area (Å²) in [6.07, 6.45) is -32.9. The minimum absolute atomic E-state index is 0.00375. The number of nitrogens with one attached hydrogen (secondary N) is 1. The van der Waals surface area contributed by atoms with E-state index in [1.807, 2.05) is 0 Å². The third kappa shape index (κ3) is 20.9. The third-order valence-corrected chi connectivity index (χ3v) is 14.5. The lowest BCUT2D eigenvalue weighted by Gasteiger charge is -2.40. The van der Waals surface area contributed by atoms with Crippen LogP contribution < -0.4 is 11.1 Å². The van der Waals surface area contributed by atoms with E-state index in [2.05, 4.69) is 5.32 Å². The first-order valence-corrected chi connectivity index (χ1v) is 27.5. The second kappa shape index (κ2) is 36.0. The van der Waals surface area contributed by atoms with Gasteiger partial charge in [0.05, 0.1) is 58.9 Å². The molecule has 21 atom stereocenters. The van der Waals surface area contributed by atoms with E-state index < -0.39 is 245 Å². The Balaban J connectivity index is 1.61. The molecule has 0 unspecified atom stereocenters. The Morgan fingerprint density at radius 3 is 1.04 bits per heavy atom. The Kier molecular flexibility index (Phi) is 31.2. The van der Waals surface area contributed by atoms with Crippen molar-refractivity contribution >= 4 is 29.4 Å². The SMILES string of the molecule is CC(=O)[C@H](CCCCN)NC(=O)CCCCC(=O)N(CC(=O)N(CCO[C@H]1O[C@H](CO)[C@@H](O)[C@H](O)[C@@H]1O)CCO[C@H]1O[C@H](CO)[C@@H](O)[C@H](O)[C@@H]1O)CC(=O)N(CCO[C@H]1O[C@H](CO)[C@@H](O)[C@H](O)[C@@H]1O)CCO[C@H]1O[C@H](CO)[C@@H](O)[C@H](O)[C@@H]1O. The number of hydrogen-bond donors (Lipinski definition) is 18. The van der Waals surface area contributed by atoms with Gasteiger partial charge in [-0.2, -0.15) is 0 Å². The fourth-order valence-electron chi connectivity index (χ4n) is 9.27. The maximum Gasteiger partial charge on any atom is 0.242 e. The molecule has 0 aromatic heterocycles. The number of amides is 4. The van der Waals surface area contributed by atoms with Crippen molar-refractivity contribution in [2.75, 3.05) is 98.7 Å². The first-order valence-electron chi connectivity index (χ1n) is 27.5. The van der Waals surface area contributed by atoms with Crippen molar-refractivity contribution in [3.8, 4) is 0 Å². The first kappa shape index (κ1) is 72.0. The summed E-state index contributed by atoms with van der Waals surface area (Å²) in [5.74, 6) is -3.48. The number of carbonyl (C=O) groups is 5. The van der Waals surface area contributed by atoms with Crippen LogP contribution in [0.2, 0.25) is 0 Å². The molecule has 4 rings (SSSR count). The van der Waals surface area contributed by atoms with Crippen molar-refractivity contribution in [3.63, 3.8) is 0 Å². The highest BCUT2D eigenvalue weighted by molar-refractivity contribution is 5.89. The first-order chi connectivity index (χ1) is 39.4. The predicted molar refractivity (Wildman–Crippen MR) is 273 cm³/mol. The standard InChI is InChI=1S/C49H87N5O29/c1-24(59)25(6-4-5-9-50)51-30(60)7-2-3-8-31(61)54(18-32(62)52(10-14-76-46-42(72)38(68)34(64)26(20-55)80-46)11-15-77-47-43(73)39(69)35(65)27(21-56)81-47)19-33(63)53(12-16-78-48-44(74)40(70)36(66)28(22-57)82-48)13-17-79-49-45(75)41(71)37(67)29(23-58)83-49/h25-29,34-49,55-58,64-75H,2-23,50H2,1H3,(H,51,60)/t25-,26+,27+,28+,29+,34+,35+,36+,37+,38-,39-,40-,41-,42-,43-,44-,45-,46-,47-,48-,49-/m0/s1. The topological polar surface area (TPSA) is 531 Å². The molecule has 0 bridgehead atoms. The molecule has 482 valence electrons. The molecule has 34 heteroatoms. The molecule has 4 fully saturated rings. The number of carbonyl (C=O) groups excluding carboxylic acids is 5. The average molecular weight is 1210 g/mol. The minimum atomic E-state index is -1.86. The predicted octanol–water partition coefficient (Wildman–Crippen LogP) is -11.5. The fraction of sp³-hybridized carbons (Fsp3) is 0.898. The molecule has 4 aliphatic heterocycles. The Labute approximate surface area is 477 Å². The Morgan fingerprint density at radius 2 is 0.747 bits per heavy atom. The number of aliphatic hydroxyl groups is 16. The molecule has 0 spiro atoms. The van der Waals surface area contributed by atoms with Crippen LogP contribution in [0.5, 0.6) is 0 Å². The molecule has 0 radical (unpaired) electrons. The van der Waals surface area contributed by atoms with Crippen LogP contribution in [0.25, 0.3) is 0 Å². The zero-order valence-corrected chi connectivity index (χ0v) is 46.1. The third-order valence-electron chi connectivity index (χ3n) is 14.5. The number of rotatable bonds is 35. The second-order valence-corrected chi connectivity index (χ2v) is 20.5. The van der Waals surface area contributed by atoms with Gasteiger partial charge in [0.15, 0.2) is 30.9 Å². The smallest absolute Gasteiger partial charge is 0.242 e. The summed E-state index contributed by atoms with van der Waals surface area (Å²) in [7, 11) is 0. The number of Topliss-reactive ketones (excluding diaryl/α,β-unsaturated/α-hetero) is 1. The molecule has 83 heavy (non-hydrogen) atoms. The minimum Gasteiger partial charge on any atom is -0.394 e. The molecule has 0 aromatic rings. The van der Waals surface area contributed by atoms with Gasteiger partial charge in [0.2, 0.25) is 23.6 Å². The van der Waals surface area contributed by atoms with Crippen LogP contribution in [-0.2, 0) is 61.9 Å². The zero-order valence-electron chi connectivity index (χ0n) is 46.1. The van der Waals surface area contributed by atoms with Gasteiger partial charge in [0.25, 0.3) is 0 Å². The number of hydrogen-bond acceptors (Lipinski definition) is 30. The van der Waals surface area contributed by atoms with Crippen molar-refractivity contribution in [2.45, 2.75) is 181 Å². The Morgan fingerprint density at radius 1 is 0.434 bits per heavy atom. The van der Waals surface area contributed by atoms with E-state index in [0.29, 0.717) is 25.8 Å². The van der Waals surface area contributed by atoms with Gasteiger partial charge < -0.3 is 145 Å². The van der Waals surface area contributed by atoms with E-state index in [0.717, 1.165) is 14.7 Å². The summed E-state index contributed by atoms with van der Waals surface area (Å²) >= 11 is 0. The second-order valence-electron chi connectivity index (χ2n) is 20.5. The van der Waals surface area contributed by atoms with E-state index in [4.69, 9.17) is 43.6 Å². The van der Waals surface area contributed by atoms with Gasteiger partial charge in [-0.25, -0.2) is 0 Å². The molecular formula is C49H87N5O29. The van der Waals surface area contributed by atoms with Gasteiger partial charge in [-0.3, -0.25) is 24.0 Å². The maximum atomic E-state index is 14.5. The van der Waals surface area contributed by atoms with E-state index in [9.17, 15) is 106 Å². The van der Waals surface area contributed by atoms with Gasteiger partial charge in [-0.05, 0) is 45.6 Å². The van der Waals surface area contributed by atoms with Crippen molar-refractivity contribution in [1.82, 2.24) is 20.0 Å². The molecule has 0 aromatic carbocycles. The molecule has 4 heterocycles. The maximum absolute atomic E-state index is 14.5. The van der Waals surface area contributed by atoms with E-state index >= 15 is 0 Å². The molecule has 4 aliphatic rings. The van der Waals surface area contributed by atoms with Crippen LogP contribution >= 0.6 is 0 Å². The summed E-state index contributed by atoms with van der Waals surface area (Å²) < 4.78 is 44.1. The lowest BCUT2D eigenvalue weighted by molar-refractivity contribution is -0.303. The number of aliphatic hydroxyl groups excluding tert-OH is 16. The monoisotopic (exact) mass is 1210 g/mol. The molecule has 0 saturated carbocycles. The number of unbranched alkanes of at least 4 members (excludes halogenated alkanes) is 2. The number of nitrogens with zero attached hydrogens (tertiary/aromatic N) is 3. The summed E-state index contributed by atoms with van der Waals surface area (Å²) in [6.45, 7) is -7.27. The largest absolute Gasteiger partial charge is 0.394 e. The van der Waals surface area contributed by atoms with Crippen molar-refractivity contribution < 1.29 is 144 Å². The molecule has 34 nitrogen and oxygen atoms in total. The Bertz CT molecular complexity index is 1760. The number of nitrogens with two attached hydrogens (primary N) is 1. The van der Waals surface area contributed by atoms with E-state index in [1.54, 1.807) is 0 Å². The summed E-state index contributed by atoms with van der Waals surface area (Å²) in [6, 6.07) is -0.774. The molecule has 19 N–H and O–H groups in total. The van der Waals surface area contributed by atoms with Gasteiger partial charge in [0.1, 0.15) is 111 Å². The number of ketones is 1. The van der Waals surface area contributed by atoms with Crippen LogP contribution in [0.3, 0.4) is 0 Å². The zero-order chi connectivity index (χ0) is 61.7. The van der Waals surface area contributed by atoms with Gasteiger partial charge >= 0.3 is 0 Å². The van der Waals surface area contributed by atoms with Crippen molar-refractivity contribution in [1.29, 1.82) is 0 Å². The van der Waals surface area contributed by atoms with Crippen molar-refractivity contribution in [2.24, 2.45) is 5.73 Å². The van der Waals surface area contributed by atoms with Gasteiger partial charge in [-0.15, -0.1) is 0 Å². The highest BCUT2D eigenvalue weighted by atomic mass is 16.7. The van der Waals surface area contributed by atoms with Crippen LogP contribution in [0.1, 0.15) is 51.9 Å². The lowest BCUT2D eigenvalue weighted by atomic mass is 9.99. The summed E-state index contributed by atoms with van der Waals surface area (Å²) in [5, 5.41) is 166.